The summed E-state index contributed by atoms with van der Waals surface area (Å²) in [6, 6.07) is 0.322. The first kappa shape index (κ1) is 19.1. The number of amides is 1. The topological polar surface area (TPSA) is 56.7 Å². The van der Waals surface area contributed by atoms with Gasteiger partial charge < -0.3 is 15.5 Å². The molecule has 138 valence electrons. The zero-order valence-electron chi connectivity index (χ0n) is 16.0. The van der Waals surface area contributed by atoms with Crippen LogP contribution in [-0.2, 0) is 4.79 Å². The fraction of sp³-hybridized carbons (Fsp3) is 0.895. The van der Waals surface area contributed by atoms with Gasteiger partial charge in [0.15, 0.2) is 5.96 Å². The molecule has 0 aromatic heterocycles. The molecule has 1 unspecified atom stereocenters. The number of hydrogen-bond donors (Lipinski definition) is 2. The summed E-state index contributed by atoms with van der Waals surface area (Å²) in [5.41, 5.74) is 0.304. The maximum Gasteiger partial charge on any atom is 0.225 e. The third-order valence-electron chi connectivity index (χ3n) is 5.02. The van der Waals surface area contributed by atoms with Crippen molar-refractivity contribution in [2.45, 2.75) is 72.3 Å². The molecule has 5 heteroatoms. The second-order valence-corrected chi connectivity index (χ2v) is 8.47. The molecule has 5 nitrogen and oxygen atoms in total. The predicted octanol–water partition coefficient (Wildman–Crippen LogP) is 2.77. The first-order valence-electron chi connectivity index (χ1n) is 9.72. The molecule has 1 atom stereocenters. The number of rotatable bonds is 5. The van der Waals surface area contributed by atoms with Crippen LogP contribution in [0.3, 0.4) is 0 Å². The van der Waals surface area contributed by atoms with Crippen molar-refractivity contribution < 1.29 is 4.79 Å². The maximum atomic E-state index is 12.5. The Hall–Kier alpha value is -1.26. The van der Waals surface area contributed by atoms with Crippen molar-refractivity contribution in [2.24, 2.45) is 16.3 Å². The summed E-state index contributed by atoms with van der Waals surface area (Å²) in [5.74, 6) is 1.56. The molecular formula is C19H36N4O. The largest absolute Gasteiger partial charge is 0.357 e. The molecule has 0 bridgehead atoms. The Balaban J connectivity index is 1.82. The maximum absolute atomic E-state index is 12.5. The van der Waals surface area contributed by atoms with Gasteiger partial charge in [0.2, 0.25) is 5.91 Å². The minimum Gasteiger partial charge on any atom is -0.357 e. The van der Waals surface area contributed by atoms with Crippen molar-refractivity contribution in [3.8, 4) is 0 Å². The van der Waals surface area contributed by atoms with Gasteiger partial charge in [-0.1, -0.05) is 33.6 Å². The molecule has 0 aromatic rings. The van der Waals surface area contributed by atoms with E-state index in [0.717, 1.165) is 57.8 Å². The minimum atomic E-state index is 0.289. The van der Waals surface area contributed by atoms with Crippen LogP contribution in [0.1, 0.15) is 66.2 Å². The molecule has 1 saturated heterocycles. The highest BCUT2D eigenvalue weighted by Gasteiger charge is 2.32. The van der Waals surface area contributed by atoms with E-state index in [1.54, 1.807) is 0 Å². The molecule has 2 fully saturated rings. The number of carbonyl (C=O) groups excluding carboxylic acids is 1. The Morgan fingerprint density at radius 1 is 1.21 bits per heavy atom. The van der Waals surface area contributed by atoms with Crippen molar-refractivity contribution in [3.05, 3.63) is 0 Å². The lowest BCUT2D eigenvalue weighted by atomic mass is 9.92. The first-order valence-corrected chi connectivity index (χ1v) is 9.72. The number of likely N-dealkylation sites (tertiary alicyclic amines) is 1. The van der Waals surface area contributed by atoms with Crippen LogP contribution in [-0.4, -0.2) is 49.0 Å². The Labute approximate surface area is 147 Å². The SMILES string of the molecule is CCNC(=NCCC(C)(C)C)NC1CCN(C(=O)C2CCCC2)C1. The van der Waals surface area contributed by atoms with Crippen molar-refractivity contribution in [3.63, 3.8) is 0 Å². The molecule has 1 aliphatic carbocycles. The van der Waals surface area contributed by atoms with Crippen molar-refractivity contribution in [1.82, 2.24) is 15.5 Å². The lowest BCUT2D eigenvalue weighted by Gasteiger charge is -2.22. The Morgan fingerprint density at radius 2 is 1.92 bits per heavy atom. The highest BCUT2D eigenvalue weighted by atomic mass is 16.2. The number of nitrogens with zero attached hydrogens (tertiary/aromatic N) is 2. The third-order valence-corrected chi connectivity index (χ3v) is 5.02. The minimum absolute atomic E-state index is 0.289. The van der Waals surface area contributed by atoms with Crippen LogP contribution in [0.2, 0.25) is 0 Å². The van der Waals surface area contributed by atoms with Gasteiger partial charge in [-0.3, -0.25) is 9.79 Å². The molecule has 0 spiro atoms. The van der Waals surface area contributed by atoms with Gasteiger partial charge in [-0.25, -0.2) is 0 Å². The quantitative estimate of drug-likeness (QED) is 0.599. The van der Waals surface area contributed by atoms with Gasteiger partial charge in [0.1, 0.15) is 0 Å². The number of nitrogens with one attached hydrogen (secondary N) is 2. The second-order valence-electron chi connectivity index (χ2n) is 8.47. The van der Waals surface area contributed by atoms with E-state index in [0.29, 0.717) is 17.4 Å². The average Bonchev–Trinajstić information content (AvgIpc) is 3.17. The molecule has 1 aliphatic heterocycles. The van der Waals surface area contributed by atoms with Crippen LogP contribution in [0, 0.1) is 11.3 Å². The molecule has 1 saturated carbocycles. The lowest BCUT2D eigenvalue weighted by Crippen LogP contribution is -2.45. The third kappa shape index (κ3) is 5.99. The zero-order valence-corrected chi connectivity index (χ0v) is 16.0. The van der Waals surface area contributed by atoms with Gasteiger partial charge in [-0.2, -0.15) is 0 Å². The molecule has 0 radical (unpaired) electrons. The highest BCUT2D eigenvalue weighted by Crippen LogP contribution is 2.27. The van der Waals surface area contributed by atoms with Crippen LogP contribution in [0.15, 0.2) is 4.99 Å². The summed E-state index contributed by atoms with van der Waals surface area (Å²) < 4.78 is 0. The van der Waals surface area contributed by atoms with Gasteiger partial charge in [0.25, 0.3) is 0 Å². The summed E-state index contributed by atoms with van der Waals surface area (Å²) >= 11 is 0. The number of guanidine groups is 1. The lowest BCUT2D eigenvalue weighted by molar-refractivity contribution is -0.134. The van der Waals surface area contributed by atoms with E-state index in [-0.39, 0.29) is 5.92 Å². The second kappa shape index (κ2) is 8.72. The van der Waals surface area contributed by atoms with Crippen LogP contribution in [0.5, 0.6) is 0 Å². The molecule has 1 heterocycles. The van der Waals surface area contributed by atoms with E-state index >= 15 is 0 Å². The van der Waals surface area contributed by atoms with E-state index < -0.39 is 0 Å². The number of aliphatic imine (C=N–C) groups is 1. The van der Waals surface area contributed by atoms with Gasteiger partial charge in [-0.15, -0.1) is 0 Å². The summed E-state index contributed by atoms with van der Waals surface area (Å²) in [6.07, 6.45) is 6.70. The molecule has 2 aliphatic rings. The average molecular weight is 337 g/mol. The van der Waals surface area contributed by atoms with E-state index in [1.807, 2.05) is 0 Å². The standard InChI is InChI=1S/C19H36N4O/c1-5-20-18(21-12-11-19(2,3)4)22-16-10-13-23(14-16)17(24)15-8-6-7-9-15/h15-16H,5-14H2,1-4H3,(H2,20,21,22). The summed E-state index contributed by atoms with van der Waals surface area (Å²) in [5, 5.41) is 6.85. The van der Waals surface area contributed by atoms with E-state index in [4.69, 9.17) is 4.99 Å². The van der Waals surface area contributed by atoms with Crippen molar-refractivity contribution >= 4 is 11.9 Å². The van der Waals surface area contributed by atoms with Crippen LogP contribution in [0.25, 0.3) is 0 Å². The Bertz CT molecular complexity index is 435. The Morgan fingerprint density at radius 3 is 2.54 bits per heavy atom. The normalized spacial score (nSPS) is 22.9. The summed E-state index contributed by atoms with van der Waals surface area (Å²) in [4.78, 5) is 19.3. The molecule has 0 aromatic carbocycles. The predicted molar refractivity (Wildman–Crippen MR) is 100 cm³/mol. The molecule has 2 N–H and O–H groups in total. The van der Waals surface area contributed by atoms with Crippen LogP contribution < -0.4 is 10.6 Å². The van der Waals surface area contributed by atoms with Crippen molar-refractivity contribution in [2.75, 3.05) is 26.2 Å². The molecular weight excluding hydrogens is 300 g/mol. The van der Waals surface area contributed by atoms with Crippen LogP contribution >= 0.6 is 0 Å². The molecule has 1 amide bonds. The number of carbonyl (C=O) groups is 1. The van der Waals surface area contributed by atoms with Gasteiger partial charge in [0, 0.05) is 38.1 Å². The number of hydrogen-bond acceptors (Lipinski definition) is 2. The summed E-state index contributed by atoms with van der Waals surface area (Å²) in [6.45, 7) is 12.2. The van der Waals surface area contributed by atoms with E-state index in [2.05, 4.69) is 43.2 Å². The highest BCUT2D eigenvalue weighted by molar-refractivity contribution is 5.81. The Kier molecular flexibility index (Phi) is 6.93. The first-order chi connectivity index (χ1) is 11.4. The fourth-order valence-electron chi connectivity index (χ4n) is 3.53. The van der Waals surface area contributed by atoms with Crippen molar-refractivity contribution in [1.29, 1.82) is 0 Å². The van der Waals surface area contributed by atoms with Gasteiger partial charge in [-0.05, 0) is 38.0 Å². The molecule has 2 rings (SSSR count). The smallest absolute Gasteiger partial charge is 0.225 e. The van der Waals surface area contributed by atoms with Crippen LogP contribution in [0.4, 0.5) is 0 Å². The zero-order chi connectivity index (χ0) is 17.6. The van der Waals surface area contributed by atoms with E-state index in [1.165, 1.54) is 12.8 Å². The fourth-order valence-corrected chi connectivity index (χ4v) is 3.53. The van der Waals surface area contributed by atoms with Gasteiger partial charge in [0.05, 0.1) is 0 Å². The summed E-state index contributed by atoms with van der Waals surface area (Å²) in [7, 11) is 0. The monoisotopic (exact) mass is 336 g/mol. The molecule has 24 heavy (non-hydrogen) atoms. The van der Waals surface area contributed by atoms with E-state index in [9.17, 15) is 4.79 Å². The van der Waals surface area contributed by atoms with Gasteiger partial charge >= 0.3 is 0 Å².